The number of aryl methyl sites for hydroxylation is 1. The van der Waals surface area contributed by atoms with Crippen LogP contribution in [0.25, 0.3) is 11.0 Å². The number of amides is 1. The van der Waals surface area contributed by atoms with Crippen molar-refractivity contribution in [3.8, 4) is 0 Å². The minimum absolute atomic E-state index is 0.0429. The molecule has 0 aliphatic heterocycles. The highest BCUT2D eigenvalue weighted by molar-refractivity contribution is 6.35. The number of aliphatic hydroxyl groups excluding tert-OH is 1. The van der Waals surface area contributed by atoms with Gasteiger partial charge >= 0.3 is 0 Å². The fourth-order valence-corrected chi connectivity index (χ4v) is 3.31. The fourth-order valence-electron chi connectivity index (χ4n) is 3.10. The van der Waals surface area contributed by atoms with Gasteiger partial charge < -0.3 is 14.8 Å². The molecule has 0 unspecified atom stereocenters. The summed E-state index contributed by atoms with van der Waals surface area (Å²) in [4.78, 5) is 12.5. The molecule has 4 nitrogen and oxygen atoms in total. The highest BCUT2D eigenvalue weighted by atomic mass is 35.5. The summed E-state index contributed by atoms with van der Waals surface area (Å²) in [6, 6.07) is 5.45. The van der Waals surface area contributed by atoms with Gasteiger partial charge in [-0.15, -0.1) is 0 Å². The number of hydrogen-bond donors (Lipinski definition) is 2. The molecule has 0 spiro atoms. The second kappa shape index (κ2) is 5.35. The Morgan fingerprint density at radius 1 is 1.43 bits per heavy atom. The molecule has 21 heavy (non-hydrogen) atoms. The molecule has 2 N–H and O–H groups in total. The quantitative estimate of drug-likeness (QED) is 0.913. The van der Waals surface area contributed by atoms with Crippen LogP contribution in [0.2, 0.25) is 5.02 Å². The van der Waals surface area contributed by atoms with Gasteiger partial charge in [0.2, 0.25) is 0 Å². The molecule has 0 bridgehead atoms. The topological polar surface area (TPSA) is 62.5 Å². The third-order valence-electron chi connectivity index (χ3n) is 4.36. The lowest BCUT2D eigenvalue weighted by molar-refractivity contribution is 0.0812. The second-order valence-electron chi connectivity index (χ2n) is 5.77. The van der Waals surface area contributed by atoms with Gasteiger partial charge in [-0.05, 0) is 25.8 Å². The fraction of sp³-hybridized carbons (Fsp3) is 0.438. The Kier molecular flexibility index (Phi) is 3.68. The van der Waals surface area contributed by atoms with Crippen LogP contribution in [-0.2, 0) is 0 Å². The standard InChI is InChI=1S/C16H18ClNO3/c1-10-11-5-4-6-12(17)14(11)21-13(10)15(20)18-16(9-19)7-2-3-8-16/h4-6,19H,2-3,7-9H2,1H3,(H,18,20). The maximum atomic E-state index is 12.5. The minimum Gasteiger partial charge on any atom is -0.449 e. The Bertz CT molecular complexity index is 686. The lowest BCUT2D eigenvalue weighted by Gasteiger charge is -2.27. The van der Waals surface area contributed by atoms with Crippen LogP contribution >= 0.6 is 11.6 Å². The Morgan fingerprint density at radius 3 is 2.76 bits per heavy atom. The van der Waals surface area contributed by atoms with E-state index in [0.717, 1.165) is 36.6 Å². The molecular weight excluding hydrogens is 290 g/mol. The summed E-state index contributed by atoms with van der Waals surface area (Å²) in [5, 5.41) is 13.9. The van der Waals surface area contributed by atoms with Crippen LogP contribution in [0.15, 0.2) is 22.6 Å². The van der Waals surface area contributed by atoms with Crippen molar-refractivity contribution in [2.45, 2.75) is 38.1 Å². The zero-order valence-corrected chi connectivity index (χ0v) is 12.7. The highest BCUT2D eigenvalue weighted by Crippen LogP contribution is 2.33. The molecule has 1 amide bonds. The molecule has 2 aromatic rings. The first-order chi connectivity index (χ1) is 10.1. The van der Waals surface area contributed by atoms with E-state index < -0.39 is 5.54 Å². The van der Waals surface area contributed by atoms with Gasteiger partial charge in [-0.25, -0.2) is 0 Å². The van der Waals surface area contributed by atoms with Crippen LogP contribution in [0, 0.1) is 6.92 Å². The van der Waals surface area contributed by atoms with Gasteiger partial charge in [0.05, 0.1) is 17.2 Å². The van der Waals surface area contributed by atoms with Gasteiger partial charge in [-0.3, -0.25) is 4.79 Å². The molecule has 1 heterocycles. The number of para-hydroxylation sites is 1. The summed E-state index contributed by atoms with van der Waals surface area (Å²) in [5.41, 5.74) is 0.800. The van der Waals surface area contributed by atoms with Gasteiger partial charge in [0.15, 0.2) is 11.3 Å². The molecule has 112 valence electrons. The van der Waals surface area contributed by atoms with E-state index in [4.69, 9.17) is 16.0 Å². The molecule has 1 aliphatic carbocycles. The Morgan fingerprint density at radius 2 is 2.14 bits per heavy atom. The van der Waals surface area contributed by atoms with Crippen LogP contribution in [0.1, 0.15) is 41.8 Å². The molecule has 1 aromatic carbocycles. The Labute approximate surface area is 128 Å². The maximum Gasteiger partial charge on any atom is 0.287 e. The number of carbonyl (C=O) groups is 1. The lowest BCUT2D eigenvalue weighted by atomic mass is 9.98. The van der Waals surface area contributed by atoms with Gasteiger partial charge in [0.1, 0.15) is 0 Å². The Hall–Kier alpha value is -1.52. The van der Waals surface area contributed by atoms with E-state index in [0.29, 0.717) is 10.6 Å². The molecule has 0 radical (unpaired) electrons. The highest BCUT2D eigenvalue weighted by Gasteiger charge is 2.36. The van der Waals surface area contributed by atoms with E-state index in [9.17, 15) is 9.90 Å². The average Bonchev–Trinajstić information content (AvgIpc) is 3.06. The van der Waals surface area contributed by atoms with Crippen molar-refractivity contribution in [2.75, 3.05) is 6.61 Å². The molecular formula is C16H18ClNO3. The van der Waals surface area contributed by atoms with E-state index in [-0.39, 0.29) is 18.3 Å². The summed E-state index contributed by atoms with van der Waals surface area (Å²) in [6.07, 6.45) is 3.64. The van der Waals surface area contributed by atoms with E-state index in [2.05, 4.69) is 5.32 Å². The van der Waals surface area contributed by atoms with Crippen LogP contribution in [-0.4, -0.2) is 23.2 Å². The number of aliphatic hydroxyl groups is 1. The molecule has 1 aromatic heterocycles. The number of nitrogens with one attached hydrogen (secondary N) is 1. The monoisotopic (exact) mass is 307 g/mol. The number of halogens is 1. The second-order valence-corrected chi connectivity index (χ2v) is 6.18. The van der Waals surface area contributed by atoms with Crippen LogP contribution in [0.4, 0.5) is 0 Å². The largest absolute Gasteiger partial charge is 0.449 e. The molecule has 1 saturated carbocycles. The lowest BCUT2D eigenvalue weighted by Crippen LogP contribution is -2.49. The summed E-state index contributed by atoms with van der Waals surface area (Å²) < 4.78 is 5.67. The number of carbonyl (C=O) groups excluding carboxylic acids is 1. The zero-order valence-electron chi connectivity index (χ0n) is 11.9. The number of furan rings is 1. The molecule has 1 aliphatic rings. The van der Waals surface area contributed by atoms with Gasteiger partial charge in [0, 0.05) is 10.9 Å². The first-order valence-corrected chi connectivity index (χ1v) is 7.55. The van der Waals surface area contributed by atoms with Gasteiger partial charge in [-0.2, -0.15) is 0 Å². The third kappa shape index (κ3) is 2.43. The van der Waals surface area contributed by atoms with E-state index in [1.807, 2.05) is 19.1 Å². The zero-order chi connectivity index (χ0) is 15.0. The predicted octanol–water partition coefficient (Wildman–Crippen LogP) is 3.43. The number of rotatable bonds is 3. The summed E-state index contributed by atoms with van der Waals surface area (Å²) in [7, 11) is 0. The maximum absolute atomic E-state index is 12.5. The van der Waals surface area contributed by atoms with Crippen molar-refractivity contribution in [2.24, 2.45) is 0 Å². The van der Waals surface area contributed by atoms with Crippen molar-refractivity contribution in [1.82, 2.24) is 5.32 Å². The van der Waals surface area contributed by atoms with Crippen molar-refractivity contribution in [3.63, 3.8) is 0 Å². The molecule has 0 saturated heterocycles. The summed E-state index contributed by atoms with van der Waals surface area (Å²) in [6.45, 7) is 1.80. The van der Waals surface area contributed by atoms with E-state index >= 15 is 0 Å². The predicted molar refractivity (Wildman–Crippen MR) is 81.7 cm³/mol. The smallest absolute Gasteiger partial charge is 0.287 e. The third-order valence-corrected chi connectivity index (χ3v) is 4.66. The van der Waals surface area contributed by atoms with E-state index in [1.54, 1.807) is 6.07 Å². The molecule has 5 heteroatoms. The van der Waals surface area contributed by atoms with Crippen LogP contribution in [0.3, 0.4) is 0 Å². The van der Waals surface area contributed by atoms with Crippen molar-refractivity contribution >= 4 is 28.5 Å². The normalized spacial score (nSPS) is 17.3. The summed E-state index contributed by atoms with van der Waals surface area (Å²) in [5.74, 6) is -0.00598. The molecule has 3 rings (SSSR count). The average molecular weight is 308 g/mol. The number of hydrogen-bond acceptors (Lipinski definition) is 3. The van der Waals surface area contributed by atoms with Crippen molar-refractivity contribution in [3.05, 3.63) is 34.5 Å². The first-order valence-electron chi connectivity index (χ1n) is 7.17. The molecule has 0 atom stereocenters. The molecule has 1 fully saturated rings. The summed E-state index contributed by atoms with van der Waals surface area (Å²) >= 11 is 6.11. The first kappa shape index (κ1) is 14.4. The van der Waals surface area contributed by atoms with Crippen LogP contribution < -0.4 is 5.32 Å². The van der Waals surface area contributed by atoms with Gasteiger partial charge in [0.25, 0.3) is 5.91 Å². The Balaban J connectivity index is 1.95. The van der Waals surface area contributed by atoms with Crippen molar-refractivity contribution in [1.29, 1.82) is 0 Å². The minimum atomic E-state index is -0.508. The van der Waals surface area contributed by atoms with Crippen molar-refractivity contribution < 1.29 is 14.3 Å². The number of fused-ring (bicyclic) bond motifs is 1. The van der Waals surface area contributed by atoms with E-state index in [1.165, 1.54) is 0 Å². The van der Waals surface area contributed by atoms with Crippen LogP contribution in [0.5, 0.6) is 0 Å². The SMILES string of the molecule is Cc1c(C(=O)NC2(CO)CCCC2)oc2c(Cl)cccc12. The number of benzene rings is 1. The van der Waals surface area contributed by atoms with Gasteiger partial charge in [-0.1, -0.05) is 36.6 Å².